The summed E-state index contributed by atoms with van der Waals surface area (Å²) in [5.74, 6) is 0.511. The molecule has 274 valence electrons. The number of fused-ring (bicyclic) bond motifs is 8. The fourth-order valence-electron chi connectivity index (χ4n) is 6.90. The summed E-state index contributed by atoms with van der Waals surface area (Å²) in [6, 6.07) is 12.7. The van der Waals surface area contributed by atoms with Gasteiger partial charge in [-0.2, -0.15) is 22.8 Å². The number of halogens is 3. The molecular formula is C39H47F3N4O5. The molecule has 5 heterocycles. The Morgan fingerprint density at radius 3 is 2.45 bits per heavy atom. The Morgan fingerprint density at radius 1 is 1.04 bits per heavy atom. The van der Waals surface area contributed by atoms with E-state index in [2.05, 4.69) is 11.8 Å². The smallest absolute Gasteiger partial charge is 0.416 e. The average Bonchev–Trinajstić information content (AvgIpc) is 3.49. The molecule has 7 rings (SSSR count). The van der Waals surface area contributed by atoms with Gasteiger partial charge in [-0.05, 0) is 103 Å². The predicted octanol–water partition coefficient (Wildman–Crippen LogP) is 8.75. The molecule has 12 heteroatoms. The summed E-state index contributed by atoms with van der Waals surface area (Å²) >= 11 is 0. The molecule has 0 amide bonds. The van der Waals surface area contributed by atoms with Crippen molar-refractivity contribution in [3.63, 3.8) is 0 Å². The van der Waals surface area contributed by atoms with Gasteiger partial charge in [0.1, 0.15) is 11.6 Å². The van der Waals surface area contributed by atoms with E-state index in [1.54, 1.807) is 16.6 Å². The number of carbonyl (C=O) groups is 1. The number of aryl methyl sites for hydroxylation is 1. The van der Waals surface area contributed by atoms with E-state index < -0.39 is 29.4 Å². The topological polar surface area (TPSA) is 87.4 Å². The first-order valence-corrected chi connectivity index (χ1v) is 17.6. The number of alkyl halides is 3. The standard InChI is InChI=1S/C39H47F3N4O5/c1-24-11-8-9-20-49-38(6)16-18-45(19-17-38)35-33(34(36(47)48-7)51-37(3,4)5)25(2)43-32-23-30(44-46(32)35)27-13-10-12-26(21-27)29-22-28(39(40,41)42)14-15-31(29)50-24/h10,12-15,21-24,34H,8-9,11,16-20H2,1-7H3/t24-,34-/m0/s1. The Balaban J connectivity index is 1.55. The zero-order valence-electron chi connectivity index (χ0n) is 30.4. The molecule has 0 spiro atoms. The van der Waals surface area contributed by atoms with Gasteiger partial charge < -0.3 is 23.8 Å². The van der Waals surface area contributed by atoms with Gasteiger partial charge >= 0.3 is 12.1 Å². The van der Waals surface area contributed by atoms with Gasteiger partial charge in [0.25, 0.3) is 0 Å². The number of anilines is 1. The lowest BCUT2D eigenvalue weighted by Gasteiger charge is -2.41. The van der Waals surface area contributed by atoms with Crippen LogP contribution in [0.2, 0.25) is 0 Å². The highest BCUT2D eigenvalue weighted by atomic mass is 19.4. The van der Waals surface area contributed by atoms with Crippen molar-refractivity contribution in [2.75, 3.05) is 31.7 Å². The largest absolute Gasteiger partial charge is 0.490 e. The number of esters is 1. The number of carbonyl (C=O) groups excluding carboxylic acids is 1. The summed E-state index contributed by atoms with van der Waals surface area (Å²) in [4.78, 5) is 20.5. The number of nitrogens with zero attached hydrogens (tertiary/aromatic N) is 4. The van der Waals surface area contributed by atoms with Crippen LogP contribution >= 0.6 is 0 Å². The first-order valence-electron chi connectivity index (χ1n) is 17.6. The van der Waals surface area contributed by atoms with E-state index in [9.17, 15) is 18.0 Å². The molecule has 3 aliphatic heterocycles. The van der Waals surface area contributed by atoms with Crippen molar-refractivity contribution < 1.29 is 36.9 Å². The first kappa shape index (κ1) is 36.6. The summed E-state index contributed by atoms with van der Waals surface area (Å²) in [7, 11) is 1.34. The molecular weight excluding hydrogens is 661 g/mol. The van der Waals surface area contributed by atoms with E-state index in [0.717, 1.165) is 44.2 Å². The van der Waals surface area contributed by atoms with E-state index in [1.807, 2.05) is 52.8 Å². The molecule has 2 aromatic carbocycles. The second kappa shape index (κ2) is 14.1. The van der Waals surface area contributed by atoms with Crippen LogP contribution in [0, 0.1) is 6.92 Å². The van der Waals surface area contributed by atoms with Crippen molar-refractivity contribution >= 4 is 17.4 Å². The number of piperidine rings is 1. The number of hydrogen-bond acceptors (Lipinski definition) is 8. The summed E-state index contributed by atoms with van der Waals surface area (Å²) in [6.07, 6.45) is -1.91. The number of aromatic nitrogens is 3. The molecule has 4 aromatic rings. The molecule has 3 aliphatic rings. The van der Waals surface area contributed by atoms with Gasteiger partial charge in [-0.25, -0.2) is 9.78 Å². The molecule has 1 saturated heterocycles. The Bertz CT molecular complexity index is 1890. The van der Waals surface area contributed by atoms with Gasteiger partial charge in [0.05, 0.1) is 41.2 Å². The van der Waals surface area contributed by atoms with Crippen molar-refractivity contribution in [1.82, 2.24) is 14.6 Å². The minimum atomic E-state index is -4.52. The van der Waals surface area contributed by atoms with E-state index in [-0.39, 0.29) is 11.7 Å². The number of methoxy groups -OCH3 is 1. The summed E-state index contributed by atoms with van der Waals surface area (Å²) in [5.41, 5.74) is 2.09. The molecule has 0 unspecified atom stereocenters. The van der Waals surface area contributed by atoms with Crippen molar-refractivity contribution in [3.05, 3.63) is 65.4 Å². The van der Waals surface area contributed by atoms with Crippen LogP contribution in [0.15, 0.2) is 48.5 Å². The number of rotatable bonds is 3. The second-order valence-corrected chi connectivity index (χ2v) is 14.9. The first-order chi connectivity index (χ1) is 24.0. The molecule has 51 heavy (non-hydrogen) atoms. The fourth-order valence-corrected chi connectivity index (χ4v) is 6.90. The highest BCUT2D eigenvalue weighted by Gasteiger charge is 2.38. The minimum Gasteiger partial charge on any atom is -0.490 e. The Hall–Kier alpha value is -4.16. The third kappa shape index (κ3) is 8.02. The van der Waals surface area contributed by atoms with Gasteiger partial charge in [0, 0.05) is 42.6 Å². The number of ether oxygens (including phenoxy) is 4. The predicted molar refractivity (Wildman–Crippen MR) is 189 cm³/mol. The fraction of sp³-hybridized carbons (Fsp3) is 0.513. The Kier molecular flexibility index (Phi) is 10.1. The van der Waals surface area contributed by atoms with Gasteiger partial charge in [-0.15, -0.1) is 0 Å². The van der Waals surface area contributed by atoms with Crippen LogP contribution in [-0.4, -0.2) is 64.7 Å². The van der Waals surface area contributed by atoms with E-state index in [0.29, 0.717) is 70.6 Å². The molecule has 0 saturated carbocycles. The maximum atomic E-state index is 13.9. The molecule has 0 N–H and O–H groups in total. The van der Waals surface area contributed by atoms with Crippen LogP contribution in [-0.2, 0) is 25.2 Å². The van der Waals surface area contributed by atoms with Gasteiger partial charge in [0.15, 0.2) is 11.8 Å². The van der Waals surface area contributed by atoms with Crippen LogP contribution in [0.25, 0.3) is 28.0 Å². The Morgan fingerprint density at radius 2 is 1.76 bits per heavy atom. The van der Waals surface area contributed by atoms with Crippen LogP contribution in [0.4, 0.5) is 19.0 Å². The highest BCUT2D eigenvalue weighted by Crippen LogP contribution is 2.41. The molecule has 0 radical (unpaired) electrons. The molecule has 6 bridgehead atoms. The lowest BCUT2D eigenvalue weighted by Crippen LogP contribution is -2.46. The summed E-state index contributed by atoms with van der Waals surface area (Å²) in [6.45, 7) is 13.4. The normalized spacial score (nSPS) is 20.9. The van der Waals surface area contributed by atoms with Crippen molar-refractivity contribution in [2.24, 2.45) is 0 Å². The summed E-state index contributed by atoms with van der Waals surface area (Å²) < 4.78 is 68.0. The molecule has 0 aliphatic carbocycles. The number of hydrogen-bond donors (Lipinski definition) is 0. The SMILES string of the molecule is COC(=O)[C@@H](OC(C)(C)C)c1c(C)nc2cc3nn2c1N1CCC(C)(CC1)OCCCC[C@H](C)Oc1ccc(C(F)(F)F)cc1-c1cccc-3c1. The monoisotopic (exact) mass is 708 g/mol. The maximum absolute atomic E-state index is 13.9. The zero-order valence-corrected chi connectivity index (χ0v) is 30.4. The van der Waals surface area contributed by atoms with Crippen molar-refractivity contribution in [3.8, 4) is 28.1 Å². The molecule has 2 atom stereocenters. The third-order valence-electron chi connectivity index (χ3n) is 9.63. The van der Waals surface area contributed by atoms with Crippen LogP contribution in [0.3, 0.4) is 0 Å². The quantitative estimate of drug-likeness (QED) is 0.195. The molecule has 9 nitrogen and oxygen atoms in total. The van der Waals surface area contributed by atoms with Gasteiger partial charge in [-0.3, -0.25) is 0 Å². The van der Waals surface area contributed by atoms with E-state index in [4.69, 9.17) is 29.0 Å². The molecule has 1 fully saturated rings. The lowest BCUT2D eigenvalue weighted by molar-refractivity contribution is -0.164. The van der Waals surface area contributed by atoms with E-state index in [1.165, 1.54) is 13.2 Å². The minimum absolute atomic E-state index is 0.218. The second-order valence-electron chi connectivity index (χ2n) is 14.9. The number of benzene rings is 2. The van der Waals surface area contributed by atoms with E-state index >= 15 is 0 Å². The highest BCUT2D eigenvalue weighted by molar-refractivity contribution is 5.81. The van der Waals surface area contributed by atoms with Crippen LogP contribution in [0.1, 0.15) is 89.6 Å². The van der Waals surface area contributed by atoms with Crippen molar-refractivity contribution in [2.45, 2.75) is 103 Å². The van der Waals surface area contributed by atoms with Crippen LogP contribution in [0.5, 0.6) is 5.75 Å². The average molecular weight is 709 g/mol. The molecule has 2 aromatic heterocycles. The Labute approximate surface area is 297 Å². The van der Waals surface area contributed by atoms with Crippen LogP contribution < -0.4 is 9.64 Å². The van der Waals surface area contributed by atoms with Crippen molar-refractivity contribution in [1.29, 1.82) is 0 Å². The van der Waals surface area contributed by atoms with Gasteiger partial charge in [0.2, 0.25) is 0 Å². The zero-order chi connectivity index (χ0) is 36.7. The lowest BCUT2D eigenvalue weighted by atomic mass is 9.92. The maximum Gasteiger partial charge on any atom is 0.416 e. The van der Waals surface area contributed by atoms with Gasteiger partial charge in [-0.1, -0.05) is 18.2 Å². The third-order valence-corrected chi connectivity index (χ3v) is 9.63. The summed E-state index contributed by atoms with van der Waals surface area (Å²) in [5, 5.41) is 5.04.